The fourth-order valence-electron chi connectivity index (χ4n) is 3.21. The number of hydrogen-bond donors (Lipinski definition) is 3. The summed E-state index contributed by atoms with van der Waals surface area (Å²) in [6.07, 6.45) is 0. The number of para-hydroxylation sites is 1. The van der Waals surface area contributed by atoms with Gasteiger partial charge in [-0.3, -0.25) is 0 Å². The van der Waals surface area contributed by atoms with E-state index in [9.17, 15) is 4.79 Å². The van der Waals surface area contributed by atoms with E-state index in [1.807, 2.05) is 60.7 Å². The van der Waals surface area contributed by atoms with Gasteiger partial charge in [-0.25, -0.2) is 14.8 Å². The van der Waals surface area contributed by atoms with Crippen molar-refractivity contribution in [3.8, 4) is 17.1 Å². The number of hydrogen-bond acceptors (Lipinski definition) is 5. The predicted octanol–water partition coefficient (Wildman–Crippen LogP) is 5.19. The minimum atomic E-state index is -0.302. The van der Waals surface area contributed by atoms with Crippen molar-refractivity contribution in [3.63, 3.8) is 0 Å². The maximum absolute atomic E-state index is 12.2. The van der Waals surface area contributed by atoms with Crippen molar-refractivity contribution < 1.29 is 9.53 Å². The third kappa shape index (κ3) is 5.07. The van der Waals surface area contributed by atoms with E-state index >= 15 is 0 Å². The standard InChI is InChI=1S/C24H22ClN5O2/c1-32-17-8-6-7-16(15-17)28-24(31)27-14-13-26-22-19-10-3-5-12-21(19)29-23(30-22)18-9-2-4-11-20(18)25/h2-12,15H,13-14H2,1H3,(H,26,29,30)(H2,27,28,31). The zero-order valence-electron chi connectivity index (χ0n) is 17.4. The number of nitrogens with one attached hydrogen (secondary N) is 3. The lowest BCUT2D eigenvalue weighted by molar-refractivity contribution is 0.252. The van der Waals surface area contributed by atoms with E-state index in [1.165, 1.54) is 0 Å². The number of ether oxygens (including phenoxy) is 1. The quantitative estimate of drug-likeness (QED) is 0.339. The van der Waals surface area contributed by atoms with E-state index in [4.69, 9.17) is 16.3 Å². The summed E-state index contributed by atoms with van der Waals surface area (Å²) in [5, 5.41) is 10.4. The summed E-state index contributed by atoms with van der Waals surface area (Å²) in [5.74, 6) is 1.90. The zero-order chi connectivity index (χ0) is 22.3. The third-order valence-electron chi connectivity index (χ3n) is 4.75. The predicted molar refractivity (Wildman–Crippen MR) is 128 cm³/mol. The second-order valence-corrected chi connectivity index (χ2v) is 7.34. The molecule has 0 unspecified atom stereocenters. The molecule has 7 nitrogen and oxygen atoms in total. The Morgan fingerprint density at radius 3 is 2.62 bits per heavy atom. The van der Waals surface area contributed by atoms with Crippen molar-refractivity contribution >= 4 is 40.0 Å². The number of urea groups is 1. The topological polar surface area (TPSA) is 88.2 Å². The summed E-state index contributed by atoms with van der Waals surface area (Å²) in [4.78, 5) is 21.5. The largest absolute Gasteiger partial charge is 0.497 e. The summed E-state index contributed by atoms with van der Waals surface area (Å²) < 4.78 is 5.17. The van der Waals surface area contributed by atoms with Crippen LogP contribution in [0.25, 0.3) is 22.3 Å². The number of halogens is 1. The zero-order valence-corrected chi connectivity index (χ0v) is 18.2. The van der Waals surface area contributed by atoms with E-state index in [0.29, 0.717) is 41.2 Å². The smallest absolute Gasteiger partial charge is 0.319 e. The SMILES string of the molecule is COc1cccc(NC(=O)NCCNc2nc(-c3ccccc3Cl)nc3ccccc23)c1. The summed E-state index contributed by atoms with van der Waals surface area (Å²) >= 11 is 6.35. The Balaban J connectivity index is 1.42. The number of methoxy groups -OCH3 is 1. The molecule has 1 aromatic heterocycles. The molecule has 1 heterocycles. The van der Waals surface area contributed by atoms with Gasteiger partial charge in [0.25, 0.3) is 0 Å². The molecule has 0 aliphatic heterocycles. The van der Waals surface area contributed by atoms with Gasteiger partial charge in [0.15, 0.2) is 5.82 Å². The van der Waals surface area contributed by atoms with Crippen LogP contribution in [0, 0.1) is 0 Å². The van der Waals surface area contributed by atoms with Crippen molar-refractivity contribution in [1.82, 2.24) is 15.3 Å². The highest BCUT2D eigenvalue weighted by Gasteiger charge is 2.11. The van der Waals surface area contributed by atoms with Gasteiger partial charge < -0.3 is 20.7 Å². The molecular weight excluding hydrogens is 426 g/mol. The Morgan fingerprint density at radius 1 is 0.969 bits per heavy atom. The molecule has 3 aromatic carbocycles. The Labute approximate surface area is 190 Å². The monoisotopic (exact) mass is 447 g/mol. The van der Waals surface area contributed by atoms with Crippen molar-refractivity contribution in [2.75, 3.05) is 30.8 Å². The van der Waals surface area contributed by atoms with Crippen LogP contribution in [0.5, 0.6) is 5.75 Å². The number of carbonyl (C=O) groups excluding carboxylic acids is 1. The van der Waals surface area contributed by atoms with Crippen LogP contribution in [0.15, 0.2) is 72.8 Å². The lowest BCUT2D eigenvalue weighted by atomic mass is 10.2. The maximum atomic E-state index is 12.2. The summed E-state index contributed by atoms with van der Waals surface area (Å²) in [6.45, 7) is 0.879. The van der Waals surface area contributed by atoms with Gasteiger partial charge in [0, 0.05) is 35.8 Å². The summed E-state index contributed by atoms with van der Waals surface area (Å²) in [7, 11) is 1.58. The van der Waals surface area contributed by atoms with E-state index in [2.05, 4.69) is 25.9 Å². The van der Waals surface area contributed by atoms with Gasteiger partial charge in [-0.2, -0.15) is 0 Å². The average molecular weight is 448 g/mol. The molecule has 8 heteroatoms. The Bertz CT molecular complexity index is 1250. The van der Waals surface area contributed by atoms with Gasteiger partial charge in [-0.15, -0.1) is 0 Å². The highest BCUT2D eigenvalue weighted by atomic mass is 35.5. The van der Waals surface area contributed by atoms with Gasteiger partial charge >= 0.3 is 6.03 Å². The first-order chi connectivity index (χ1) is 15.6. The van der Waals surface area contributed by atoms with E-state index in [1.54, 1.807) is 19.2 Å². The number of nitrogens with zero attached hydrogens (tertiary/aromatic N) is 2. The number of benzene rings is 3. The van der Waals surface area contributed by atoms with Gasteiger partial charge in [0.1, 0.15) is 11.6 Å². The first-order valence-electron chi connectivity index (χ1n) is 10.1. The number of rotatable bonds is 7. The van der Waals surface area contributed by atoms with Gasteiger partial charge in [0.2, 0.25) is 0 Å². The lowest BCUT2D eigenvalue weighted by Gasteiger charge is -2.12. The minimum absolute atomic E-state index is 0.302. The second kappa shape index (κ2) is 9.98. The van der Waals surface area contributed by atoms with E-state index in [0.717, 1.165) is 16.5 Å². The number of carbonyl (C=O) groups is 1. The average Bonchev–Trinajstić information content (AvgIpc) is 2.82. The van der Waals surface area contributed by atoms with Crippen LogP contribution in [0.1, 0.15) is 0 Å². The highest BCUT2D eigenvalue weighted by molar-refractivity contribution is 6.33. The van der Waals surface area contributed by atoms with Crippen LogP contribution in [0.4, 0.5) is 16.3 Å². The number of aromatic nitrogens is 2. The van der Waals surface area contributed by atoms with Gasteiger partial charge in [0.05, 0.1) is 17.6 Å². The molecule has 0 fully saturated rings. The molecule has 0 spiro atoms. The molecule has 0 radical (unpaired) electrons. The number of anilines is 2. The van der Waals surface area contributed by atoms with Crippen LogP contribution in [0.3, 0.4) is 0 Å². The molecule has 2 amide bonds. The lowest BCUT2D eigenvalue weighted by Crippen LogP contribution is -2.32. The fourth-order valence-corrected chi connectivity index (χ4v) is 3.43. The Hall–Kier alpha value is -3.84. The van der Waals surface area contributed by atoms with Crippen LogP contribution in [-0.2, 0) is 0 Å². The van der Waals surface area contributed by atoms with Gasteiger partial charge in [-0.1, -0.05) is 41.9 Å². The third-order valence-corrected chi connectivity index (χ3v) is 5.08. The highest BCUT2D eigenvalue weighted by Crippen LogP contribution is 2.29. The molecule has 162 valence electrons. The van der Waals surface area contributed by atoms with Crippen LogP contribution in [-0.4, -0.2) is 36.2 Å². The summed E-state index contributed by atoms with van der Waals surface area (Å²) in [6, 6.07) is 22.1. The first-order valence-corrected chi connectivity index (χ1v) is 10.5. The minimum Gasteiger partial charge on any atom is -0.497 e. The molecule has 0 aliphatic rings. The van der Waals surface area contributed by atoms with Crippen molar-refractivity contribution in [2.45, 2.75) is 0 Å². The fraction of sp³-hybridized carbons (Fsp3) is 0.125. The van der Waals surface area contributed by atoms with Crippen LogP contribution < -0.4 is 20.7 Å². The van der Waals surface area contributed by atoms with Crippen molar-refractivity contribution in [2.24, 2.45) is 0 Å². The molecular formula is C24H22ClN5O2. The number of amides is 2. The molecule has 0 saturated carbocycles. The normalized spacial score (nSPS) is 10.6. The molecule has 4 rings (SSSR count). The van der Waals surface area contributed by atoms with Crippen molar-refractivity contribution in [3.05, 3.63) is 77.8 Å². The first kappa shape index (κ1) is 21.4. The van der Waals surface area contributed by atoms with E-state index < -0.39 is 0 Å². The molecule has 3 N–H and O–H groups in total. The van der Waals surface area contributed by atoms with Crippen LogP contribution >= 0.6 is 11.6 Å². The molecule has 32 heavy (non-hydrogen) atoms. The molecule has 0 bridgehead atoms. The van der Waals surface area contributed by atoms with Crippen LogP contribution in [0.2, 0.25) is 5.02 Å². The van der Waals surface area contributed by atoms with E-state index in [-0.39, 0.29) is 6.03 Å². The number of fused-ring (bicyclic) bond motifs is 1. The molecule has 0 aliphatic carbocycles. The molecule has 0 atom stereocenters. The molecule has 4 aromatic rings. The Kier molecular flexibility index (Phi) is 6.67. The second-order valence-electron chi connectivity index (χ2n) is 6.93. The summed E-state index contributed by atoms with van der Waals surface area (Å²) in [5.41, 5.74) is 2.23. The van der Waals surface area contributed by atoms with Crippen molar-refractivity contribution in [1.29, 1.82) is 0 Å². The van der Waals surface area contributed by atoms with Gasteiger partial charge in [-0.05, 0) is 36.4 Å². The maximum Gasteiger partial charge on any atom is 0.319 e. The molecule has 0 saturated heterocycles. The Morgan fingerprint density at radius 2 is 1.78 bits per heavy atom.